The van der Waals surface area contributed by atoms with Gasteiger partial charge < -0.3 is 9.30 Å². The Bertz CT molecular complexity index is 529. The molecule has 0 aliphatic heterocycles. The first-order valence-corrected chi connectivity index (χ1v) is 5.65. The summed E-state index contributed by atoms with van der Waals surface area (Å²) in [6.07, 6.45) is 0. The molecule has 0 N–H and O–H groups in total. The van der Waals surface area contributed by atoms with E-state index >= 15 is 0 Å². The zero-order chi connectivity index (χ0) is 13.0. The van der Waals surface area contributed by atoms with Gasteiger partial charge in [-0.3, -0.25) is 0 Å². The Kier molecular flexibility index (Phi) is 4.26. The van der Waals surface area contributed by atoms with Gasteiger partial charge in [-0.15, -0.1) is 0 Å². The molecule has 0 unspecified atom stereocenters. The van der Waals surface area contributed by atoms with Crippen molar-refractivity contribution in [1.82, 2.24) is 9.55 Å². The van der Waals surface area contributed by atoms with Gasteiger partial charge in [-0.2, -0.15) is 0 Å². The maximum atomic E-state index is 11.5. The molecule has 0 saturated carbocycles. The van der Waals surface area contributed by atoms with Crippen LogP contribution in [0.5, 0.6) is 0 Å². The molecule has 0 spiro atoms. The summed E-state index contributed by atoms with van der Waals surface area (Å²) in [4.78, 5) is 15.8. The Morgan fingerprint density at radius 1 is 1.35 bits per heavy atom. The predicted octanol–water partition coefficient (Wildman–Crippen LogP) is 2.69. The van der Waals surface area contributed by atoms with E-state index in [-0.39, 0.29) is 5.97 Å². The van der Waals surface area contributed by atoms with Gasteiger partial charge in [0.05, 0.1) is 18.2 Å². The molecule has 2 rings (SSSR count). The highest BCUT2D eigenvalue weighted by Gasteiger charge is 2.14. The molecule has 1 aromatic heterocycles. The molecule has 0 aliphatic rings. The van der Waals surface area contributed by atoms with Gasteiger partial charge in [0, 0.05) is 7.05 Å². The highest BCUT2D eigenvalue weighted by Crippen LogP contribution is 2.19. The van der Waals surface area contributed by atoms with E-state index in [2.05, 4.69) is 4.98 Å². The van der Waals surface area contributed by atoms with Crippen LogP contribution in [-0.4, -0.2) is 22.6 Å². The van der Waals surface area contributed by atoms with E-state index in [0.717, 1.165) is 11.3 Å². The van der Waals surface area contributed by atoms with Crippen LogP contribution in [0.4, 0.5) is 0 Å². The number of aromatic nitrogens is 2. The van der Waals surface area contributed by atoms with Gasteiger partial charge in [0.15, 0.2) is 0 Å². The van der Waals surface area contributed by atoms with Crippen molar-refractivity contribution in [3.8, 4) is 0 Å². The zero-order valence-corrected chi connectivity index (χ0v) is 10.9. The molecule has 0 fully saturated rings. The Morgan fingerprint density at radius 2 is 2.00 bits per heavy atom. The molecule has 92 valence electrons. The lowest BCUT2D eigenvalue weighted by atomic mass is 10.2. The molecular formula is C13H18N2O2. The first-order valence-electron chi connectivity index (χ1n) is 5.65. The lowest BCUT2D eigenvalue weighted by Gasteiger charge is -2.00. The number of carbonyl (C=O) groups is 1. The Morgan fingerprint density at radius 3 is 2.59 bits per heavy atom. The molecule has 0 saturated heterocycles. The fourth-order valence-corrected chi connectivity index (χ4v) is 1.61. The molecule has 0 radical (unpaired) electrons. The van der Waals surface area contributed by atoms with Crippen molar-refractivity contribution in [1.29, 1.82) is 0 Å². The second-order valence-electron chi connectivity index (χ2n) is 3.38. The molecule has 0 atom stereocenters. The van der Waals surface area contributed by atoms with Crippen LogP contribution in [-0.2, 0) is 11.8 Å². The summed E-state index contributed by atoms with van der Waals surface area (Å²) in [5.74, 6) is 0.528. The van der Waals surface area contributed by atoms with Gasteiger partial charge in [-0.05, 0) is 19.1 Å². The lowest BCUT2D eigenvalue weighted by molar-refractivity contribution is 0.0603. The second kappa shape index (κ2) is 5.48. The largest absolute Gasteiger partial charge is 0.465 e. The van der Waals surface area contributed by atoms with Crippen LogP contribution in [0.15, 0.2) is 18.2 Å². The number of methoxy groups -OCH3 is 1. The van der Waals surface area contributed by atoms with E-state index in [1.165, 1.54) is 7.11 Å². The van der Waals surface area contributed by atoms with E-state index in [1.54, 1.807) is 6.07 Å². The summed E-state index contributed by atoms with van der Waals surface area (Å²) in [7, 11) is 3.29. The number of carbonyl (C=O) groups excluding carboxylic acids is 1. The fourth-order valence-electron chi connectivity index (χ4n) is 1.61. The number of hydrogen-bond acceptors (Lipinski definition) is 3. The highest BCUT2D eigenvalue weighted by molar-refractivity contribution is 6.02. The molecule has 1 aromatic carbocycles. The minimum Gasteiger partial charge on any atom is -0.465 e. The topological polar surface area (TPSA) is 44.1 Å². The molecule has 0 bridgehead atoms. The zero-order valence-electron chi connectivity index (χ0n) is 10.9. The predicted molar refractivity (Wildman–Crippen MR) is 68.1 cm³/mol. The van der Waals surface area contributed by atoms with Gasteiger partial charge in [0.2, 0.25) is 0 Å². The molecule has 0 amide bonds. The number of fused-ring (bicyclic) bond motifs is 1. The summed E-state index contributed by atoms with van der Waals surface area (Å²) in [5.41, 5.74) is 2.15. The fraction of sp³-hybridized carbons (Fsp3) is 0.385. The van der Waals surface area contributed by atoms with E-state index < -0.39 is 0 Å². The van der Waals surface area contributed by atoms with Crippen molar-refractivity contribution < 1.29 is 9.53 Å². The van der Waals surface area contributed by atoms with Crippen molar-refractivity contribution in [3.05, 3.63) is 29.6 Å². The Labute approximate surface area is 101 Å². The average Bonchev–Trinajstić information content (AvgIpc) is 2.67. The van der Waals surface area contributed by atoms with E-state index in [0.29, 0.717) is 11.1 Å². The lowest BCUT2D eigenvalue weighted by Crippen LogP contribution is -2.01. The Balaban J connectivity index is 0.000000686. The van der Waals surface area contributed by atoms with Gasteiger partial charge >= 0.3 is 5.97 Å². The van der Waals surface area contributed by atoms with Crippen LogP contribution < -0.4 is 0 Å². The first-order chi connectivity index (χ1) is 8.15. The van der Waals surface area contributed by atoms with Crippen LogP contribution in [0.2, 0.25) is 0 Å². The number of benzene rings is 1. The van der Waals surface area contributed by atoms with Crippen molar-refractivity contribution in [2.24, 2.45) is 7.05 Å². The minimum absolute atomic E-state index is 0.348. The Hall–Kier alpha value is -1.84. The van der Waals surface area contributed by atoms with Gasteiger partial charge in [0.1, 0.15) is 11.3 Å². The highest BCUT2D eigenvalue weighted by atomic mass is 16.5. The number of ether oxygens (including phenoxy) is 1. The van der Waals surface area contributed by atoms with Crippen LogP contribution >= 0.6 is 0 Å². The van der Waals surface area contributed by atoms with Gasteiger partial charge in [-0.1, -0.05) is 19.9 Å². The maximum Gasteiger partial charge on any atom is 0.340 e. The number of rotatable bonds is 1. The number of aryl methyl sites for hydroxylation is 2. The number of hydrogen-bond donors (Lipinski definition) is 0. The standard InChI is InChI=1S/C11H12N2O2.C2H6/c1-7-12-10-8(11(14)15-3)5-4-6-9(10)13(7)2;1-2/h4-6H,1-3H3;1-2H3. The number of nitrogens with zero attached hydrogens (tertiary/aromatic N) is 2. The summed E-state index contributed by atoms with van der Waals surface area (Å²) >= 11 is 0. The van der Waals surface area contributed by atoms with Crippen molar-refractivity contribution in [2.75, 3.05) is 7.11 Å². The van der Waals surface area contributed by atoms with E-state index in [4.69, 9.17) is 4.74 Å². The molecule has 4 heteroatoms. The van der Waals surface area contributed by atoms with Crippen LogP contribution in [0.3, 0.4) is 0 Å². The van der Waals surface area contributed by atoms with Crippen molar-refractivity contribution in [2.45, 2.75) is 20.8 Å². The molecule has 0 aliphatic carbocycles. The smallest absolute Gasteiger partial charge is 0.340 e. The van der Waals surface area contributed by atoms with Crippen LogP contribution in [0.25, 0.3) is 11.0 Å². The quantitative estimate of drug-likeness (QED) is 0.712. The number of esters is 1. The van der Waals surface area contributed by atoms with Crippen molar-refractivity contribution in [3.63, 3.8) is 0 Å². The third-order valence-electron chi connectivity index (χ3n) is 2.54. The number of imidazole rings is 1. The molecule has 2 aromatic rings. The van der Waals surface area contributed by atoms with E-state index in [1.807, 2.05) is 44.5 Å². The third kappa shape index (κ3) is 2.30. The maximum absolute atomic E-state index is 11.5. The van der Waals surface area contributed by atoms with Crippen LogP contribution in [0.1, 0.15) is 30.0 Å². The summed E-state index contributed by atoms with van der Waals surface area (Å²) < 4.78 is 6.65. The van der Waals surface area contributed by atoms with Crippen molar-refractivity contribution >= 4 is 17.0 Å². The summed E-state index contributed by atoms with van der Waals surface area (Å²) in [6.45, 7) is 5.90. The molecule has 1 heterocycles. The first kappa shape index (κ1) is 13.2. The summed E-state index contributed by atoms with van der Waals surface area (Å²) in [5, 5.41) is 0. The average molecular weight is 234 g/mol. The minimum atomic E-state index is -0.348. The monoisotopic (exact) mass is 234 g/mol. The second-order valence-corrected chi connectivity index (χ2v) is 3.38. The number of para-hydroxylation sites is 1. The SMILES string of the molecule is CC.COC(=O)c1cccc2c1nc(C)n2C. The third-order valence-corrected chi connectivity index (χ3v) is 2.54. The summed E-state index contributed by atoms with van der Waals surface area (Å²) in [6, 6.07) is 5.48. The van der Waals surface area contributed by atoms with Gasteiger partial charge in [0.25, 0.3) is 0 Å². The van der Waals surface area contributed by atoms with E-state index in [9.17, 15) is 4.79 Å². The normalized spacial score (nSPS) is 9.71. The van der Waals surface area contributed by atoms with Gasteiger partial charge in [-0.25, -0.2) is 9.78 Å². The van der Waals surface area contributed by atoms with Crippen LogP contribution in [0, 0.1) is 6.92 Å². The molecule has 4 nitrogen and oxygen atoms in total. The molecule has 17 heavy (non-hydrogen) atoms. The molecular weight excluding hydrogens is 216 g/mol.